The van der Waals surface area contributed by atoms with Crippen molar-refractivity contribution in [1.29, 1.82) is 0 Å². The Balaban J connectivity index is 1.26. The molecule has 3 fully saturated rings. The molecular formula is C33H35FN8O7S3. The summed E-state index contributed by atoms with van der Waals surface area (Å²) >= 11 is 3.42. The van der Waals surface area contributed by atoms with Gasteiger partial charge >= 0.3 is 11.9 Å². The van der Waals surface area contributed by atoms with Crippen LogP contribution in [0.5, 0.6) is 0 Å². The quantitative estimate of drug-likeness (QED) is 0.102. The highest BCUT2D eigenvalue weighted by molar-refractivity contribution is 8.02. The molecule has 2 amide bonds. The lowest BCUT2D eigenvalue weighted by Crippen LogP contribution is -2.71. The Morgan fingerprint density at radius 2 is 2.10 bits per heavy atom. The number of carboxylic acid groups (broad SMARTS) is 2. The third-order valence-corrected chi connectivity index (χ3v) is 13.5. The van der Waals surface area contributed by atoms with Crippen LogP contribution >= 0.6 is 34.9 Å². The van der Waals surface area contributed by atoms with E-state index in [-0.39, 0.29) is 34.0 Å². The first-order valence-corrected chi connectivity index (χ1v) is 19.3. The minimum atomic E-state index is -1.39. The molecule has 0 spiro atoms. The number of fused-ring (bicyclic) bond motifs is 2. The Hall–Kier alpha value is -4.30. The second-order valence-electron chi connectivity index (χ2n) is 12.7. The zero-order valence-electron chi connectivity index (χ0n) is 28.0. The molecule has 19 heteroatoms. The highest BCUT2D eigenvalue weighted by atomic mass is 32.2. The average molecular weight is 771 g/mol. The molecule has 0 radical (unpaired) electrons. The van der Waals surface area contributed by atoms with E-state index in [1.807, 2.05) is 6.92 Å². The van der Waals surface area contributed by atoms with Crippen LogP contribution in [0.2, 0.25) is 0 Å². The number of hydrogen-bond acceptors (Lipinski definition) is 14. The lowest BCUT2D eigenvalue weighted by Gasteiger charge is -2.50. The molecule has 5 heterocycles. The highest BCUT2D eigenvalue weighted by Crippen LogP contribution is 2.59. The molecular weight excluding hydrogens is 736 g/mol. The van der Waals surface area contributed by atoms with E-state index in [2.05, 4.69) is 30.7 Å². The fourth-order valence-electron chi connectivity index (χ4n) is 6.91. The number of oxime groups is 1. The largest absolute Gasteiger partial charge is 0.480 e. The predicted octanol–water partition coefficient (Wildman–Crippen LogP) is 2.56. The summed E-state index contributed by atoms with van der Waals surface area (Å²) in [6, 6.07) is 3.46. The topological polar surface area (TPSA) is 213 Å². The number of pyridine rings is 1. The van der Waals surface area contributed by atoms with Crippen molar-refractivity contribution >= 4 is 80.4 Å². The van der Waals surface area contributed by atoms with Gasteiger partial charge in [-0.2, -0.15) is 0 Å². The summed E-state index contributed by atoms with van der Waals surface area (Å²) in [6.45, 7) is 4.88. The van der Waals surface area contributed by atoms with Crippen molar-refractivity contribution in [2.24, 2.45) is 5.16 Å². The van der Waals surface area contributed by atoms with Crippen LogP contribution in [-0.4, -0.2) is 115 Å². The standard InChI is InChI=1S/C33H35FN8O7S3/c1-3-41-9-8-36-12-22(41)17-11-20-16(10-19(17)34)15(4-7-37-20)26(52-33(5-6-33)31(47)48)18-13-50-29-24(28(44)42(29)25(18)30(45)46)39-27(43)23(40-49-2)21-14-51-32(35)38-21/h4,7,10-11,14,22,24,26,29,36H,3,5-6,8-9,12-13H2,1-2H3,(H2,35,38)(H,39,43)(H,45,46)(H,47,48)/t22?,24?,26?,29-/m0/s1. The van der Waals surface area contributed by atoms with E-state index in [0.29, 0.717) is 47.0 Å². The van der Waals surface area contributed by atoms with E-state index in [1.54, 1.807) is 18.3 Å². The number of carbonyl (C=O) groups is 4. The summed E-state index contributed by atoms with van der Waals surface area (Å²) in [7, 11) is 1.25. The Bertz CT molecular complexity index is 2040. The number of carboxylic acids is 2. The number of hydrogen-bond donors (Lipinski definition) is 5. The number of thiazole rings is 1. The van der Waals surface area contributed by atoms with Gasteiger partial charge in [0.25, 0.3) is 11.8 Å². The lowest BCUT2D eigenvalue weighted by atomic mass is 9.94. The number of rotatable bonds is 12. The number of nitrogens with two attached hydrogens (primary N) is 1. The summed E-state index contributed by atoms with van der Waals surface area (Å²) < 4.78 is 14.9. The van der Waals surface area contributed by atoms with Gasteiger partial charge in [0.05, 0.1) is 16.8 Å². The maximum atomic E-state index is 16.1. The number of nitrogen functional groups attached to an aromatic ring is 1. The van der Waals surface area contributed by atoms with Crippen LogP contribution < -0.4 is 16.4 Å². The van der Waals surface area contributed by atoms with Crippen LogP contribution in [0.1, 0.15) is 47.9 Å². The third kappa shape index (κ3) is 6.37. The molecule has 1 aliphatic carbocycles. The van der Waals surface area contributed by atoms with E-state index >= 15 is 4.39 Å². The monoisotopic (exact) mass is 770 g/mol. The number of aromatic nitrogens is 2. The molecule has 3 aromatic rings. The van der Waals surface area contributed by atoms with Crippen molar-refractivity contribution in [3.63, 3.8) is 0 Å². The molecule has 3 aliphatic heterocycles. The maximum Gasteiger partial charge on any atom is 0.352 e. The van der Waals surface area contributed by atoms with Crippen LogP contribution in [0.25, 0.3) is 10.9 Å². The average Bonchev–Trinajstić information content (AvgIpc) is 3.81. The van der Waals surface area contributed by atoms with Gasteiger partial charge in [-0.1, -0.05) is 12.1 Å². The number of amides is 2. The van der Waals surface area contributed by atoms with Gasteiger partial charge in [0.2, 0.25) is 0 Å². The lowest BCUT2D eigenvalue weighted by molar-refractivity contribution is -0.150. The highest BCUT2D eigenvalue weighted by Gasteiger charge is 2.57. The van der Waals surface area contributed by atoms with Crippen molar-refractivity contribution in [2.45, 2.75) is 47.2 Å². The van der Waals surface area contributed by atoms with Crippen molar-refractivity contribution in [3.8, 4) is 0 Å². The Kier molecular flexibility index (Phi) is 9.89. The first kappa shape index (κ1) is 36.1. The van der Waals surface area contributed by atoms with Crippen LogP contribution in [0, 0.1) is 5.82 Å². The number of nitrogens with one attached hydrogen (secondary N) is 2. The van der Waals surface area contributed by atoms with Gasteiger partial charge in [0.1, 0.15) is 40.5 Å². The molecule has 2 saturated heterocycles. The van der Waals surface area contributed by atoms with Gasteiger partial charge in [-0.15, -0.1) is 34.9 Å². The number of piperazine rings is 1. The summed E-state index contributed by atoms with van der Waals surface area (Å²) in [5.41, 5.74) is 7.12. The number of carbonyl (C=O) groups excluding carboxylic acids is 2. The zero-order valence-corrected chi connectivity index (χ0v) is 30.4. The SMILES string of the molecule is CCN1CCNCC1c1cc2nccc(C(SC3(C(=O)O)CC3)C3=C(C(=O)O)N4C(=O)C(NC(=O)C(=NOC)c5csc(N)n5)[C@@H]4SC3)c2cc1F. The van der Waals surface area contributed by atoms with Gasteiger partial charge in [0.15, 0.2) is 10.8 Å². The molecule has 274 valence electrons. The van der Waals surface area contributed by atoms with Gasteiger partial charge in [-0.05, 0) is 48.7 Å². The van der Waals surface area contributed by atoms with Crippen molar-refractivity contribution in [3.05, 3.63) is 63.7 Å². The Morgan fingerprint density at radius 3 is 2.75 bits per heavy atom. The van der Waals surface area contributed by atoms with Crippen LogP contribution in [-0.2, 0) is 24.0 Å². The van der Waals surface area contributed by atoms with Crippen LogP contribution in [0.4, 0.5) is 9.52 Å². The van der Waals surface area contributed by atoms with Gasteiger partial charge in [0, 0.05) is 47.9 Å². The molecule has 4 aliphatic rings. The zero-order chi connectivity index (χ0) is 36.9. The molecule has 3 unspecified atom stereocenters. The molecule has 1 aromatic carbocycles. The number of likely N-dealkylation sites (N-methyl/N-ethyl adjacent to an activating group) is 1. The van der Waals surface area contributed by atoms with E-state index in [0.717, 1.165) is 47.6 Å². The number of benzene rings is 1. The van der Waals surface area contributed by atoms with Crippen molar-refractivity contribution in [1.82, 2.24) is 30.4 Å². The Morgan fingerprint density at radius 1 is 1.31 bits per heavy atom. The predicted molar refractivity (Wildman–Crippen MR) is 194 cm³/mol. The summed E-state index contributed by atoms with van der Waals surface area (Å²) in [4.78, 5) is 69.3. The molecule has 7 rings (SSSR count). The Labute approximate surface area is 309 Å². The fourth-order valence-corrected chi connectivity index (χ4v) is 10.5. The number of halogens is 1. The maximum absolute atomic E-state index is 16.1. The van der Waals surface area contributed by atoms with Crippen LogP contribution in [0.3, 0.4) is 0 Å². The molecule has 4 atom stereocenters. The van der Waals surface area contributed by atoms with E-state index in [9.17, 15) is 29.4 Å². The number of thioether (sulfide) groups is 2. The van der Waals surface area contributed by atoms with E-state index in [1.165, 1.54) is 30.3 Å². The summed E-state index contributed by atoms with van der Waals surface area (Å²) in [5, 5.41) is 31.0. The molecule has 52 heavy (non-hydrogen) atoms. The summed E-state index contributed by atoms with van der Waals surface area (Å²) in [5.74, 6) is -4.22. The first-order valence-electron chi connectivity index (χ1n) is 16.5. The van der Waals surface area contributed by atoms with Gasteiger partial charge in [-0.3, -0.25) is 29.2 Å². The molecule has 2 aromatic heterocycles. The van der Waals surface area contributed by atoms with E-state index in [4.69, 9.17) is 10.6 Å². The molecule has 15 nitrogen and oxygen atoms in total. The van der Waals surface area contributed by atoms with Crippen LogP contribution in [0.15, 0.2) is 46.2 Å². The minimum absolute atomic E-state index is 0.0844. The van der Waals surface area contributed by atoms with Gasteiger partial charge < -0.3 is 31.4 Å². The summed E-state index contributed by atoms with van der Waals surface area (Å²) in [6.07, 6.45) is 2.29. The first-order chi connectivity index (χ1) is 25.0. The number of anilines is 1. The second-order valence-corrected chi connectivity index (χ2v) is 16.2. The molecule has 0 bridgehead atoms. The van der Waals surface area contributed by atoms with Gasteiger partial charge in [-0.25, -0.2) is 14.2 Å². The molecule has 6 N–H and O–H groups in total. The minimum Gasteiger partial charge on any atom is -0.480 e. The van der Waals surface area contributed by atoms with Crippen molar-refractivity contribution in [2.75, 3.05) is 44.8 Å². The third-order valence-electron chi connectivity index (χ3n) is 9.70. The van der Waals surface area contributed by atoms with Crippen molar-refractivity contribution < 1.29 is 38.6 Å². The smallest absolute Gasteiger partial charge is 0.352 e. The molecule has 1 saturated carbocycles. The second kappa shape index (κ2) is 14.3. The number of β-lactam (4-membered cyclic amide) rings is 1. The normalized spacial score (nSPS) is 23.5. The van der Waals surface area contributed by atoms with E-state index < -0.39 is 51.0 Å². The number of aliphatic carboxylic acids is 2. The number of nitrogens with zero attached hydrogens (tertiary/aromatic N) is 5. The fraction of sp³-hybridized carbons (Fsp3) is 0.424.